The number of amidine groups is 1. The quantitative estimate of drug-likeness (QED) is 0.643. The van der Waals surface area contributed by atoms with Crippen molar-refractivity contribution in [3.63, 3.8) is 0 Å². The SMILES string of the molecule is COc1ccc(C(=O)NC2=NN(c3ccc(F)cc3)C(c3ccc(C(N)=O)cc3)C2)cc1. The lowest BCUT2D eigenvalue weighted by atomic mass is 10.0. The highest BCUT2D eigenvalue weighted by atomic mass is 19.1. The third kappa shape index (κ3) is 4.44. The molecule has 2 amide bonds. The molecule has 0 spiro atoms. The van der Waals surface area contributed by atoms with Crippen LogP contribution in [0.3, 0.4) is 0 Å². The number of hydrogen-bond acceptors (Lipinski definition) is 5. The Labute approximate surface area is 184 Å². The number of nitrogens with two attached hydrogens (primary N) is 1. The molecule has 1 aliphatic heterocycles. The fourth-order valence-electron chi connectivity index (χ4n) is 3.49. The summed E-state index contributed by atoms with van der Waals surface area (Å²) in [5.74, 6) is -0.0367. The number of methoxy groups -OCH3 is 1. The molecule has 7 nitrogen and oxygen atoms in total. The molecule has 3 aromatic carbocycles. The second kappa shape index (κ2) is 8.89. The van der Waals surface area contributed by atoms with Gasteiger partial charge in [-0.15, -0.1) is 0 Å². The van der Waals surface area contributed by atoms with Crippen LogP contribution in [-0.4, -0.2) is 24.8 Å². The number of carbonyl (C=O) groups excluding carboxylic acids is 2. The first kappa shape index (κ1) is 21.0. The number of hydrogen-bond donors (Lipinski definition) is 2. The molecule has 0 bridgehead atoms. The number of halogens is 1. The molecule has 0 radical (unpaired) electrons. The summed E-state index contributed by atoms with van der Waals surface area (Å²) in [5.41, 5.74) is 7.75. The number of rotatable bonds is 5. The van der Waals surface area contributed by atoms with Gasteiger partial charge in [-0.2, -0.15) is 5.10 Å². The van der Waals surface area contributed by atoms with Crippen LogP contribution in [0.1, 0.15) is 38.7 Å². The monoisotopic (exact) mass is 432 g/mol. The lowest BCUT2D eigenvalue weighted by molar-refractivity contribution is 0.0973. The van der Waals surface area contributed by atoms with E-state index in [-0.39, 0.29) is 17.8 Å². The average molecular weight is 432 g/mol. The van der Waals surface area contributed by atoms with E-state index < -0.39 is 5.91 Å². The fourth-order valence-corrected chi connectivity index (χ4v) is 3.49. The van der Waals surface area contributed by atoms with Crippen molar-refractivity contribution in [3.8, 4) is 5.75 Å². The van der Waals surface area contributed by atoms with Gasteiger partial charge >= 0.3 is 0 Å². The first-order chi connectivity index (χ1) is 15.4. The van der Waals surface area contributed by atoms with Crippen molar-refractivity contribution in [3.05, 3.63) is 95.3 Å². The molecule has 0 aromatic heterocycles. The maximum atomic E-state index is 13.4. The normalized spacial score (nSPS) is 15.2. The van der Waals surface area contributed by atoms with Gasteiger partial charge in [0.25, 0.3) is 5.91 Å². The highest BCUT2D eigenvalue weighted by Crippen LogP contribution is 2.35. The van der Waals surface area contributed by atoms with Gasteiger partial charge in [-0.25, -0.2) is 4.39 Å². The molecule has 3 aromatic rings. The number of primary amides is 1. The summed E-state index contributed by atoms with van der Waals surface area (Å²) in [6, 6.07) is 19.3. The minimum atomic E-state index is -0.512. The third-order valence-corrected chi connectivity index (χ3v) is 5.19. The van der Waals surface area contributed by atoms with Crippen molar-refractivity contribution >= 4 is 23.3 Å². The van der Waals surface area contributed by atoms with Gasteiger partial charge in [0.2, 0.25) is 5.91 Å². The highest BCUT2D eigenvalue weighted by molar-refractivity contribution is 6.07. The molecular weight excluding hydrogens is 411 g/mol. The number of amides is 2. The Morgan fingerprint density at radius 1 is 1.00 bits per heavy atom. The molecule has 1 heterocycles. The lowest BCUT2D eigenvalue weighted by Gasteiger charge is -2.23. The van der Waals surface area contributed by atoms with Crippen LogP contribution in [0.4, 0.5) is 10.1 Å². The summed E-state index contributed by atoms with van der Waals surface area (Å²) in [6.45, 7) is 0. The number of nitrogens with zero attached hydrogens (tertiary/aromatic N) is 2. The Morgan fingerprint density at radius 3 is 2.22 bits per heavy atom. The molecule has 3 N–H and O–H groups in total. The zero-order valence-electron chi connectivity index (χ0n) is 17.3. The molecule has 0 saturated heterocycles. The second-order valence-corrected chi connectivity index (χ2v) is 7.26. The molecular formula is C24H21FN4O3. The summed E-state index contributed by atoms with van der Waals surface area (Å²) in [4.78, 5) is 24.1. The van der Waals surface area contributed by atoms with Gasteiger partial charge in [0.15, 0.2) is 0 Å². The van der Waals surface area contributed by atoms with Gasteiger partial charge in [0.05, 0.1) is 18.8 Å². The smallest absolute Gasteiger partial charge is 0.256 e. The number of ether oxygens (including phenoxy) is 1. The van der Waals surface area contributed by atoms with E-state index in [1.165, 1.54) is 12.1 Å². The molecule has 8 heteroatoms. The van der Waals surface area contributed by atoms with Gasteiger partial charge in [-0.1, -0.05) is 12.1 Å². The van der Waals surface area contributed by atoms with Crippen LogP contribution in [0.5, 0.6) is 5.75 Å². The van der Waals surface area contributed by atoms with Crippen LogP contribution in [0.25, 0.3) is 0 Å². The summed E-state index contributed by atoms with van der Waals surface area (Å²) >= 11 is 0. The van der Waals surface area contributed by atoms with Crippen molar-refractivity contribution in [2.24, 2.45) is 10.8 Å². The van der Waals surface area contributed by atoms with Crippen molar-refractivity contribution in [1.29, 1.82) is 0 Å². The Bertz CT molecular complexity index is 1160. The largest absolute Gasteiger partial charge is 0.497 e. The first-order valence-electron chi connectivity index (χ1n) is 9.92. The maximum Gasteiger partial charge on any atom is 0.256 e. The zero-order valence-corrected chi connectivity index (χ0v) is 17.3. The highest BCUT2D eigenvalue weighted by Gasteiger charge is 2.30. The van der Waals surface area contributed by atoms with E-state index in [9.17, 15) is 14.0 Å². The topological polar surface area (TPSA) is 97.0 Å². The van der Waals surface area contributed by atoms with Gasteiger partial charge in [-0.05, 0) is 66.2 Å². The van der Waals surface area contributed by atoms with E-state index in [1.807, 2.05) is 0 Å². The van der Waals surface area contributed by atoms with Crippen LogP contribution in [0.15, 0.2) is 77.9 Å². The van der Waals surface area contributed by atoms with E-state index in [2.05, 4.69) is 10.4 Å². The minimum Gasteiger partial charge on any atom is -0.497 e. The van der Waals surface area contributed by atoms with Crippen molar-refractivity contribution < 1.29 is 18.7 Å². The number of carbonyl (C=O) groups is 2. The van der Waals surface area contributed by atoms with Gasteiger partial charge in [0.1, 0.15) is 17.4 Å². The molecule has 0 fully saturated rings. The van der Waals surface area contributed by atoms with Gasteiger partial charge in [-0.3, -0.25) is 14.6 Å². The zero-order chi connectivity index (χ0) is 22.7. The van der Waals surface area contributed by atoms with Crippen LogP contribution in [0.2, 0.25) is 0 Å². The summed E-state index contributed by atoms with van der Waals surface area (Å²) in [6.07, 6.45) is 0.412. The van der Waals surface area contributed by atoms with E-state index in [0.29, 0.717) is 34.8 Å². The van der Waals surface area contributed by atoms with E-state index >= 15 is 0 Å². The van der Waals surface area contributed by atoms with E-state index in [4.69, 9.17) is 10.5 Å². The van der Waals surface area contributed by atoms with Crippen LogP contribution in [0, 0.1) is 5.82 Å². The molecule has 1 aliphatic rings. The Morgan fingerprint density at radius 2 is 1.62 bits per heavy atom. The predicted molar refractivity (Wildman–Crippen MR) is 119 cm³/mol. The number of hydrazone groups is 1. The fraction of sp³-hybridized carbons (Fsp3) is 0.125. The predicted octanol–water partition coefficient (Wildman–Crippen LogP) is 3.63. The van der Waals surface area contributed by atoms with Gasteiger partial charge in [0, 0.05) is 17.5 Å². The van der Waals surface area contributed by atoms with E-state index in [1.54, 1.807) is 72.8 Å². The molecule has 4 rings (SSSR count). The number of anilines is 1. The molecule has 1 atom stereocenters. The second-order valence-electron chi connectivity index (χ2n) is 7.26. The summed E-state index contributed by atoms with van der Waals surface area (Å²) in [7, 11) is 1.56. The molecule has 1 unspecified atom stereocenters. The third-order valence-electron chi connectivity index (χ3n) is 5.19. The summed E-state index contributed by atoms with van der Waals surface area (Å²) < 4.78 is 18.6. The number of benzene rings is 3. The van der Waals surface area contributed by atoms with Crippen LogP contribution >= 0.6 is 0 Å². The molecule has 32 heavy (non-hydrogen) atoms. The standard InChI is InChI=1S/C24H21FN4O3/c1-32-20-12-6-17(7-13-20)24(31)27-22-14-21(15-2-4-16(5-3-15)23(26)30)29(28-22)19-10-8-18(25)9-11-19/h2-13,21H,14H2,1H3,(H2,26,30)(H,27,28,31). The lowest BCUT2D eigenvalue weighted by Crippen LogP contribution is -2.29. The Balaban J connectivity index is 1.60. The van der Waals surface area contributed by atoms with Crippen molar-refractivity contribution in [2.75, 3.05) is 12.1 Å². The molecule has 0 saturated carbocycles. The van der Waals surface area contributed by atoms with Crippen LogP contribution < -0.4 is 20.8 Å². The minimum absolute atomic E-state index is 0.256. The van der Waals surface area contributed by atoms with Crippen LogP contribution in [-0.2, 0) is 0 Å². The average Bonchev–Trinajstić information content (AvgIpc) is 3.23. The molecule has 162 valence electrons. The Kier molecular flexibility index (Phi) is 5.85. The maximum absolute atomic E-state index is 13.4. The van der Waals surface area contributed by atoms with E-state index in [0.717, 1.165) is 5.56 Å². The van der Waals surface area contributed by atoms with Crippen molar-refractivity contribution in [1.82, 2.24) is 5.32 Å². The first-order valence-corrected chi connectivity index (χ1v) is 9.92. The van der Waals surface area contributed by atoms with Crippen molar-refractivity contribution in [2.45, 2.75) is 12.5 Å². The summed E-state index contributed by atoms with van der Waals surface area (Å²) in [5, 5.41) is 9.16. The molecule has 0 aliphatic carbocycles. The number of nitrogens with one attached hydrogen (secondary N) is 1. The van der Waals surface area contributed by atoms with Gasteiger partial charge < -0.3 is 15.8 Å². The Hall–Kier alpha value is -4.20.